The van der Waals surface area contributed by atoms with Crippen LogP contribution in [0.1, 0.15) is 21.5 Å². The van der Waals surface area contributed by atoms with Crippen LogP contribution in [-0.2, 0) is 13.2 Å². The summed E-state index contributed by atoms with van der Waals surface area (Å²) in [5.41, 5.74) is 3.38. The number of aromatic nitrogens is 2. The summed E-state index contributed by atoms with van der Waals surface area (Å²) in [4.78, 5) is 12.5. The fourth-order valence-electron chi connectivity index (χ4n) is 2.96. The molecule has 1 amide bonds. The number of halogens is 1. The lowest BCUT2D eigenvalue weighted by atomic mass is 10.1. The third-order valence-corrected chi connectivity index (χ3v) is 5.18. The number of carbonyl (C=O) groups excluding carboxylic acids is 1. The number of anilines is 1. The first-order valence-corrected chi connectivity index (χ1v) is 10.3. The van der Waals surface area contributed by atoms with E-state index in [0.717, 1.165) is 21.3 Å². The molecule has 0 saturated heterocycles. The van der Waals surface area contributed by atoms with Crippen molar-refractivity contribution in [2.75, 3.05) is 5.32 Å². The average Bonchev–Trinajstić information content (AvgIpc) is 3.21. The molecule has 4 rings (SSSR count). The van der Waals surface area contributed by atoms with Gasteiger partial charge in [0.1, 0.15) is 12.4 Å². The van der Waals surface area contributed by atoms with Crippen LogP contribution in [-0.4, -0.2) is 15.7 Å². The second-order valence-electron chi connectivity index (χ2n) is 6.78. The van der Waals surface area contributed by atoms with Gasteiger partial charge < -0.3 is 10.1 Å². The Morgan fingerprint density at radius 2 is 1.67 bits per heavy atom. The monoisotopic (exact) mass is 461 g/mol. The smallest absolute Gasteiger partial charge is 0.255 e. The molecule has 0 spiro atoms. The Morgan fingerprint density at radius 1 is 0.933 bits per heavy atom. The summed E-state index contributed by atoms with van der Waals surface area (Å²) in [6.45, 7) is 1.08. The maximum absolute atomic E-state index is 12.5. The number of amides is 1. The van der Waals surface area contributed by atoms with Gasteiger partial charge in [0.2, 0.25) is 0 Å². The van der Waals surface area contributed by atoms with E-state index in [4.69, 9.17) is 4.74 Å². The normalized spacial score (nSPS) is 10.6. The number of hydrogen-bond donors (Lipinski definition) is 1. The fourth-order valence-corrected chi connectivity index (χ4v) is 3.36. The highest BCUT2D eigenvalue weighted by molar-refractivity contribution is 9.10. The number of rotatable bonds is 7. The van der Waals surface area contributed by atoms with E-state index in [9.17, 15) is 4.79 Å². The van der Waals surface area contributed by atoms with E-state index in [1.165, 1.54) is 0 Å². The first-order valence-electron chi connectivity index (χ1n) is 9.51. The Kier molecular flexibility index (Phi) is 6.25. The van der Waals surface area contributed by atoms with Gasteiger partial charge in [-0.05, 0) is 51.3 Å². The molecule has 3 aromatic carbocycles. The molecule has 0 radical (unpaired) electrons. The van der Waals surface area contributed by atoms with Gasteiger partial charge in [-0.1, -0.05) is 54.6 Å². The zero-order chi connectivity index (χ0) is 20.8. The van der Waals surface area contributed by atoms with Crippen LogP contribution < -0.4 is 10.1 Å². The van der Waals surface area contributed by atoms with Crippen LogP contribution in [0.3, 0.4) is 0 Å². The predicted molar refractivity (Wildman–Crippen MR) is 121 cm³/mol. The van der Waals surface area contributed by atoms with Gasteiger partial charge in [0, 0.05) is 11.8 Å². The van der Waals surface area contributed by atoms with E-state index in [-0.39, 0.29) is 5.91 Å². The van der Waals surface area contributed by atoms with Gasteiger partial charge in [0.25, 0.3) is 5.91 Å². The number of ether oxygens (including phenoxy) is 1. The molecule has 6 heteroatoms. The van der Waals surface area contributed by atoms with Gasteiger partial charge >= 0.3 is 0 Å². The van der Waals surface area contributed by atoms with E-state index in [0.29, 0.717) is 24.4 Å². The Labute approximate surface area is 183 Å². The summed E-state index contributed by atoms with van der Waals surface area (Å²) in [7, 11) is 0. The molecule has 1 aromatic heterocycles. The van der Waals surface area contributed by atoms with Gasteiger partial charge in [0.05, 0.1) is 22.9 Å². The van der Waals surface area contributed by atoms with E-state index < -0.39 is 0 Å². The van der Waals surface area contributed by atoms with Crippen molar-refractivity contribution in [3.8, 4) is 5.75 Å². The molecule has 0 unspecified atom stereocenters. The maximum atomic E-state index is 12.5. The maximum Gasteiger partial charge on any atom is 0.255 e. The van der Waals surface area contributed by atoms with Crippen molar-refractivity contribution in [1.29, 1.82) is 0 Å². The third kappa shape index (κ3) is 5.15. The van der Waals surface area contributed by atoms with Crippen molar-refractivity contribution in [3.05, 3.63) is 112 Å². The van der Waals surface area contributed by atoms with Crippen molar-refractivity contribution >= 4 is 27.5 Å². The van der Waals surface area contributed by atoms with E-state index in [1.807, 2.05) is 72.9 Å². The first-order chi connectivity index (χ1) is 14.7. The van der Waals surface area contributed by atoms with Crippen LogP contribution in [0.15, 0.2) is 95.7 Å². The average molecular weight is 462 g/mol. The zero-order valence-corrected chi connectivity index (χ0v) is 17.7. The Morgan fingerprint density at radius 3 is 2.43 bits per heavy atom. The van der Waals surface area contributed by atoms with Crippen molar-refractivity contribution in [3.63, 3.8) is 0 Å². The summed E-state index contributed by atoms with van der Waals surface area (Å²) in [6, 6.07) is 25.1. The lowest BCUT2D eigenvalue weighted by Crippen LogP contribution is -2.11. The summed E-state index contributed by atoms with van der Waals surface area (Å²) in [5, 5.41) is 7.20. The highest BCUT2D eigenvalue weighted by Gasteiger charge is 2.08. The Balaban J connectivity index is 1.33. The van der Waals surface area contributed by atoms with E-state index >= 15 is 0 Å². The topological polar surface area (TPSA) is 56.2 Å². The highest BCUT2D eigenvalue weighted by atomic mass is 79.9. The zero-order valence-electron chi connectivity index (χ0n) is 16.2. The van der Waals surface area contributed by atoms with Crippen LogP contribution >= 0.6 is 15.9 Å². The summed E-state index contributed by atoms with van der Waals surface area (Å²) in [6.07, 6.45) is 3.48. The molecule has 0 atom stereocenters. The number of carbonyl (C=O) groups is 1. The van der Waals surface area contributed by atoms with Gasteiger partial charge in [-0.25, -0.2) is 0 Å². The lowest BCUT2D eigenvalue weighted by Gasteiger charge is -2.09. The number of hydrogen-bond acceptors (Lipinski definition) is 3. The highest BCUT2D eigenvalue weighted by Crippen LogP contribution is 2.24. The fraction of sp³-hybridized carbons (Fsp3) is 0.0833. The molecule has 0 aliphatic heterocycles. The summed E-state index contributed by atoms with van der Waals surface area (Å²) >= 11 is 3.47. The quantitative estimate of drug-likeness (QED) is 0.393. The molecule has 0 fully saturated rings. The minimum absolute atomic E-state index is 0.174. The van der Waals surface area contributed by atoms with Gasteiger partial charge in [-0.2, -0.15) is 5.10 Å². The number of nitrogens with one attached hydrogen (secondary N) is 1. The SMILES string of the molecule is O=C(Nc1cnn(Cc2ccccc2)c1)c1ccc(COc2ccccc2Br)cc1. The number of para-hydroxylation sites is 1. The van der Waals surface area contributed by atoms with Crippen LogP contribution in [0.2, 0.25) is 0 Å². The Bertz CT molecular complexity index is 1120. The molecule has 1 heterocycles. The van der Waals surface area contributed by atoms with Crippen LogP contribution in [0.5, 0.6) is 5.75 Å². The molecule has 0 bridgehead atoms. The van der Waals surface area contributed by atoms with Gasteiger partial charge in [-0.3, -0.25) is 9.48 Å². The molecule has 4 aromatic rings. The summed E-state index contributed by atoms with van der Waals surface area (Å²) < 4.78 is 8.52. The number of benzene rings is 3. The van der Waals surface area contributed by atoms with Crippen molar-refractivity contribution in [2.24, 2.45) is 0 Å². The van der Waals surface area contributed by atoms with Crippen molar-refractivity contribution in [1.82, 2.24) is 9.78 Å². The molecule has 150 valence electrons. The molecule has 30 heavy (non-hydrogen) atoms. The van der Waals surface area contributed by atoms with Crippen molar-refractivity contribution < 1.29 is 9.53 Å². The molecule has 5 nitrogen and oxygen atoms in total. The Hall–Kier alpha value is -3.38. The van der Waals surface area contributed by atoms with Crippen LogP contribution in [0, 0.1) is 0 Å². The van der Waals surface area contributed by atoms with Crippen LogP contribution in [0.25, 0.3) is 0 Å². The minimum Gasteiger partial charge on any atom is -0.488 e. The molecule has 0 saturated carbocycles. The lowest BCUT2D eigenvalue weighted by molar-refractivity contribution is 0.102. The van der Waals surface area contributed by atoms with Crippen LogP contribution in [0.4, 0.5) is 5.69 Å². The molecular weight excluding hydrogens is 442 g/mol. The van der Waals surface area contributed by atoms with Gasteiger partial charge in [-0.15, -0.1) is 0 Å². The predicted octanol–water partition coefficient (Wildman–Crippen LogP) is 5.53. The molecule has 0 aliphatic carbocycles. The third-order valence-electron chi connectivity index (χ3n) is 4.53. The van der Waals surface area contributed by atoms with Crippen molar-refractivity contribution in [2.45, 2.75) is 13.2 Å². The first kappa shape index (κ1) is 19.9. The summed E-state index contributed by atoms with van der Waals surface area (Å²) in [5.74, 6) is 0.611. The van der Waals surface area contributed by atoms with E-state index in [1.54, 1.807) is 23.0 Å². The second kappa shape index (κ2) is 9.41. The standard InChI is InChI=1S/C24H20BrN3O2/c25-22-8-4-5-9-23(22)30-17-19-10-12-20(13-11-19)24(29)27-21-14-26-28(16-21)15-18-6-2-1-3-7-18/h1-14,16H,15,17H2,(H,27,29). The second-order valence-corrected chi connectivity index (χ2v) is 7.64. The molecule has 0 aliphatic rings. The number of nitrogens with zero attached hydrogens (tertiary/aromatic N) is 2. The van der Waals surface area contributed by atoms with Gasteiger partial charge in [0.15, 0.2) is 0 Å². The largest absolute Gasteiger partial charge is 0.488 e. The molecule has 1 N–H and O–H groups in total. The molecular formula is C24H20BrN3O2. The minimum atomic E-state index is -0.174. The van der Waals surface area contributed by atoms with E-state index in [2.05, 4.69) is 26.3 Å².